The lowest BCUT2D eigenvalue weighted by atomic mass is 10.0. The van der Waals surface area contributed by atoms with Gasteiger partial charge in [-0.1, -0.05) is 48.5 Å². The molecule has 11 heteroatoms. The molecule has 0 radical (unpaired) electrons. The number of amides is 4. The van der Waals surface area contributed by atoms with E-state index in [4.69, 9.17) is 0 Å². The van der Waals surface area contributed by atoms with Gasteiger partial charge in [-0.3, -0.25) is 14.7 Å². The molecule has 5 rings (SSSR count). The second-order valence-corrected chi connectivity index (χ2v) is 12.0. The molecule has 2 heterocycles. The minimum Gasteiger partial charge on any atom is -0.338 e. The van der Waals surface area contributed by atoms with E-state index in [0.29, 0.717) is 35.8 Å². The standard InChI is InChI=1S/C35H40N8O3/c1-6-12-30(44)36-25-16-10-15-24(19-25)33(45)38-27-18-11-17-26(20-27)37-32-28-21-43(35(2,3)31(28)40-41-32)34(46)39-29(22-42(4)5)23-13-8-7-9-14-23/h6-20,29H,21-22H2,1-5H3,(H,36,44)(H,38,45)(H,39,46)(H2,37,40,41)/b12-6+/t29-/m1/s1. The number of benzene rings is 3. The van der Waals surface area contributed by atoms with Crippen LogP contribution in [0.2, 0.25) is 0 Å². The number of nitrogens with one attached hydrogen (secondary N) is 5. The van der Waals surface area contributed by atoms with E-state index >= 15 is 0 Å². The second kappa shape index (κ2) is 13.7. The van der Waals surface area contributed by atoms with Crippen LogP contribution in [-0.2, 0) is 16.9 Å². The molecule has 0 saturated carbocycles. The summed E-state index contributed by atoms with van der Waals surface area (Å²) in [5.41, 5.74) is 4.41. The van der Waals surface area contributed by atoms with Gasteiger partial charge in [0.2, 0.25) is 5.91 Å². The van der Waals surface area contributed by atoms with Crippen molar-refractivity contribution < 1.29 is 14.4 Å². The van der Waals surface area contributed by atoms with Crippen molar-refractivity contribution in [3.63, 3.8) is 0 Å². The number of aromatic amines is 1. The van der Waals surface area contributed by atoms with Crippen LogP contribution in [0.15, 0.2) is 91.0 Å². The highest BCUT2D eigenvalue weighted by Gasteiger charge is 2.44. The molecule has 4 aromatic rings. The smallest absolute Gasteiger partial charge is 0.319 e. The van der Waals surface area contributed by atoms with Crippen LogP contribution in [0.3, 0.4) is 0 Å². The molecule has 0 spiro atoms. The van der Waals surface area contributed by atoms with Gasteiger partial charge in [-0.2, -0.15) is 5.10 Å². The van der Waals surface area contributed by atoms with Crippen molar-refractivity contribution in [3.8, 4) is 0 Å². The Morgan fingerprint density at radius 2 is 1.65 bits per heavy atom. The Balaban J connectivity index is 1.27. The summed E-state index contributed by atoms with van der Waals surface area (Å²) >= 11 is 0. The number of H-pyrrole nitrogens is 1. The lowest BCUT2D eigenvalue weighted by Crippen LogP contribution is -2.48. The molecule has 4 amide bonds. The first kappa shape index (κ1) is 32.0. The summed E-state index contributed by atoms with van der Waals surface area (Å²) in [4.78, 5) is 42.5. The second-order valence-electron chi connectivity index (χ2n) is 12.0. The predicted molar refractivity (Wildman–Crippen MR) is 181 cm³/mol. The quantitative estimate of drug-likeness (QED) is 0.138. The fourth-order valence-corrected chi connectivity index (χ4v) is 5.54. The number of carbonyl (C=O) groups excluding carboxylic acids is 3. The van der Waals surface area contributed by atoms with Crippen LogP contribution < -0.4 is 21.3 Å². The third kappa shape index (κ3) is 7.27. The number of hydrogen-bond acceptors (Lipinski definition) is 6. The van der Waals surface area contributed by atoms with Crippen molar-refractivity contribution in [3.05, 3.63) is 113 Å². The molecule has 0 fully saturated rings. The maximum absolute atomic E-state index is 13.7. The maximum Gasteiger partial charge on any atom is 0.319 e. The number of fused-ring (bicyclic) bond motifs is 1. The zero-order valence-electron chi connectivity index (χ0n) is 26.7. The van der Waals surface area contributed by atoms with Gasteiger partial charge in [-0.25, -0.2) is 4.79 Å². The van der Waals surface area contributed by atoms with E-state index < -0.39 is 5.54 Å². The lowest BCUT2D eigenvalue weighted by Gasteiger charge is -2.34. The molecule has 0 unspecified atom stereocenters. The minimum absolute atomic E-state index is 0.161. The van der Waals surface area contributed by atoms with Crippen molar-refractivity contribution in [2.45, 2.75) is 38.9 Å². The molecule has 5 N–H and O–H groups in total. The van der Waals surface area contributed by atoms with Crippen LogP contribution in [0.25, 0.3) is 0 Å². The Morgan fingerprint density at radius 1 is 0.957 bits per heavy atom. The summed E-state index contributed by atoms with van der Waals surface area (Å²) in [7, 11) is 3.98. The average molecular weight is 621 g/mol. The molecule has 1 aliphatic rings. The monoisotopic (exact) mass is 620 g/mol. The van der Waals surface area contributed by atoms with Crippen molar-refractivity contribution in [2.75, 3.05) is 36.6 Å². The zero-order valence-corrected chi connectivity index (χ0v) is 26.7. The number of aromatic nitrogens is 2. The Morgan fingerprint density at radius 3 is 2.37 bits per heavy atom. The van der Waals surface area contributed by atoms with Gasteiger partial charge in [0, 0.05) is 34.7 Å². The minimum atomic E-state index is -0.623. The molecule has 11 nitrogen and oxygen atoms in total. The van der Waals surface area contributed by atoms with Gasteiger partial charge in [0.25, 0.3) is 5.91 Å². The molecular weight excluding hydrogens is 580 g/mol. The molecule has 1 aromatic heterocycles. The molecule has 0 bridgehead atoms. The van der Waals surface area contributed by atoms with Gasteiger partial charge in [-0.05, 0) is 82.9 Å². The van der Waals surface area contributed by atoms with E-state index in [0.717, 1.165) is 22.5 Å². The Bertz CT molecular complexity index is 1750. The van der Waals surface area contributed by atoms with Crippen LogP contribution in [0, 0.1) is 0 Å². The summed E-state index contributed by atoms with van der Waals surface area (Å²) < 4.78 is 0. The van der Waals surface area contributed by atoms with Gasteiger partial charge in [0.1, 0.15) is 0 Å². The van der Waals surface area contributed by atoms with E-state index in [1.807, 2.05) is 81.4 Å². The third-order valence-corrected chi connectivity index (χ3v) is 7.86. The fraction of sp³-hybridized carbons (Fsp3) is 0.257. The normalized spacial score (nSPS) is 14.2. The van der Waals surface area contributed by atoms with E-state index in [1.165, 1.54) is 6.08 Å². The first-order valence-electron chi connectivity index (χ1n) is 15.1. The number of allylic oxidation sites excluding steroid dienone is 1. The van der Waals surface area contributed by atoms with Crippen LogP contribution >= 0.6 is 0 Å². The number of rotatable bonds is 10. The van der Waals surface area contributed by atoms with Gasteiger partial charge < -0.3 is 31.1 Å². The van der Waals surface area contributed by atoms with Crippen molar-refractivity contribution in [1.82, 2.24) is 25.3 Å². The van der Waals surface area contributed by atoms with Gasteiger partial charge >= 0.3 is 6.03 Å². The Hall–Kier alpha value is -5.42. The highest BCUT2D eigenvalue weighted by molar-refractivity contribution is 6.06. The lowest BCUT2D eigenvalue weighted by molar-refractivity contribution is -0.111. The number of hydrogen-bond donors (Lipinski definition) is 5. The van der Waals surface area contributed by atoms with E-state index in [1.54, 1.807) is 43.3 Å². The summed E-state index contributed by atoms with van der Waals surface area (Å²) in [6.45, 7) is 6.79. The van der Waals surface area contributed by atoms with Gasteiger partial charge in [-0.15, -0.1) is 0 Å². The fourth-order valence-electron chi connectivity index (χ4n) is 5.54. The van der Waals surface area contributed by atoms with Crippen molar-refractivity contribution in [2.24, 2.45) is 0 Å². The zero-order chi connectivity index (χ0) is 32.8. The van der Waals surface area contributed by atoms with Crippen LogP contribution in [0.4, 0.5) is 27.7 Å². The van der Waals surface area contributed by atoms with E-state index in [2.05, 4.69) is 36.4 Å². The molecule has 0 saturated heterocycles. The third-order valence-electron chi connectivity index (χ3n) is 7.86. The topological polar surface area (TPSA) is 134 Å². The molecule has 1 atom stereocenters. The number of carbonyl (C=O) groups is 3. The molecule has 238 valence electrons. The predicted octanol–water partition coefficient (Wildman–Crippen LogP) is 5.98. The summed E-state index contributed by atoms with van der Waals surface area (Å²) in [5.74, 6) is 0.0299. The summed E-state index contributed by atoms with van der Waals surface area (Å²) in [5, 5.41) is 19.9. The number of nitrogens with zero attached hydrogens (tertiary/aromatic N) is 3. The molecule has 0 aliphatic carbocycles. The molecule has 1 aliphatic heterocycles. The summed E-state index contributed by atoms with van der Waals surface area (Å²) in [6.07, 6.45) is 3.06. The Labute approximate surface area is 269 Å². The van der Waals surface area contributed by atoms with Crippen LogP contribution in [-0.4, -0.2) is 58.5 Å². The number of urea groups is 1. The Kier molecular flexibility index (Phi) is 9.53. The van der Waals surface area contributed by atoms with Crippen LogP contribution in [0.1, 0.15) is 54.0 Å². The molecule has 3 aromatic carbocycles. The maximum atomic E-state index is 13.7. The van der Waals surface area contributed by atoms with E-state index in [9.17, 15) is 14.4 Å². The SMILES string of the molecule is C/C=C/C(=O)Nc1cccc(C(=O)Nc2cccc(Nc3n[nH]c4c3CN(C(=O)N[C@H](CN(C)C)c3ccccc3)C4(C)C)c2)c1. The largest absolute Gasteiger partial charge is 0.338 e. The van der Waals surface area contributed by atoms with Gasteiger partial charge in [0.15, 0.2) is 5.82 Å². The highest BCUT2D eigenvalue weighted by atomic mass is 16.2. The average Bonchev–Trinajstić information content (AvgIpc) is 3.54. The first-order chi connectivity index (χ1) is 22.0. The van der Waals surface area contributed by atoms with Crippen molar-refractivity contribution in [1.29, 1.82) is 0 Å². The van der Waals surface area contributed by atoms with Gasteiger partial charge in [0.05, 0.1) is 23.8 Å². The number of likely N-dealkylation sites (N-methyl/N-ethyl adjacent to an activating group) is 1. The van der Waals surface area contributed by atoms with Crippen molar-refractivity contribution >= 4 is 40.7 Å². The first-order valence-corrected chi connectivity index (χ1v) is 15.1. The highest BCUT2D eigenvalue weighted by Crippen LogP contribution is 2.41. The molecule has 46 heavy (non-hydrogen) atoms. The summed E-state index contributed by atoms with van der Waals surface area (Å²) in [6, 6.07) is 23.7. The van der Waals surface area contributed by atoms with Crippen LogP contribution in [0.5, 0.6) is 0 Å². The number of anilines is 4. The molecular formula is C35H40N8O3. The van der Waals surface area contributed by atoms with E-state index in [-0.39, 0.29) is 23.9 Å².